The summed E-state index contributed by atoms with van der Waals surface area (Å²) in [5.74, 6) is 2.86. The van der Waals surface area contributed by atoms with Crippen LogP contribution >= 0.6 is 34.8 Å². The van der Waals surface area contributed by atoms with Crippen LogP contribution in [-0.2, 0) is 11.3 Å². The van der Waals surface area contributed by atoms with Gasteiger partial charge in [0.15, 0.2) is 0 Å². The molecular formula is C33H34Cl3N3O5. The molecule has 0 aliphatic heterocycles. The van der Waals surface area contributed by atoms with Crippen molar-refractivity contribution in [2.45, 2.75) is 75.6 Å². The van der Waals surface area contributed by atoms with Crippen molar-refractivity contribution >= 4 is 45.7 Å². The predicted molar refractivity (Wildman–Crippen MR) is 169 cm³/mol. The zero-order valence-corrected chi connectivity index (χ0v) is 26.5. The molecule has 4 aliphatic rings. The first-order valence-electron chi connectivity index (χ1n) is 15.2. The Kier molecular flexibility index (Phi) is 8.40. The third-order valence-electron chi connectivity index (χ3n) is 9.60. The molecule has 4 aromatic rings. The summed E-state index contributed by atoms with van der Waals surface area (Å²) >= 11 is 18.9. The van der Waals surface area contributed by atoms with Gasteiger partial charge < -0.3 is 23.8 Å². The number of ether oxygens (including phenoxy) is 3. The normalized spacial score (nSPS) is 23.6. The number of pyridine rings is 2. The van der Waals surface area contributed by atoms with Crippen LogP contribution in [0.5, 0.6) is 11.5 Å². The first-order chi connectivity index (χ1) is 21.4. The average molecular weight is 659 g/mol. The van der Waals surface area contributed by atoms with Crippen molar-refractivity contribution in [1.82, 2.24) is 15.1 Å². The first-order valence-corrected chi connectivity index (χ1v) is 16.5. The second-order valence-electron chi connectivity index (χ2n) is 12.5. The molecule has 3 aromatic heterocycles. The molecule has 4 saturated carbocycles. The number of nitrogens with zero attached hydrogens (tertiary/aromatic N) is 3. The van der Waals surface area contributed by atoms with Crippen LogP contribution in [0.3, 0.4) is 0 Å². The molecule has 0 radical (unpaired) electrons. The molecule has 0 amide bonds. The van der Waals surface area contributed by atoms with Gasteiger partial charge in [-0.15, -0.1) is 11.6 Å². The fourth-order valence-electron chi connectivity index (χ4n) is 6.68. The number of benzene rings is 1. The quantitative estimate of drug-likeness (QED) is 0.152. The summed E-state index contributed by atoms with van der Waals surface area (Å²) in [5, 5.41) is 15.7. The van der Waals surface area contributed by atoms with Gasteiger partial charge >= 0.3 is 0 Å². The minimum Gasteiger partial charge on any atom is -0.493 e. The van der Waals surface area contributed by atoms with Crippen molar-refractivity contribution in [2.24, 2.45) is 5.41 Å². The molecule has 1 aromatic carbocycles. The molecular weight excluding hydrogens is 625 g/mol. The van der Waals surface area contributed by atoms with Crippen LogP contribution in [0, 0.1) is 5.41 Å². The van der Waals surface area contributed by atoms with Crippen molar-refractivity contribution in [1.29, 1.82) is 0 Å². The highest BCUT2D eigenvalue weighted by molar-refractivity contribution is 6.38. The van der Waals surface area contributed by atoms with E-state index in [4.69, 9.17) is 53.5 Å². The van der Waals surface area contributed by atoms with Crippen molar-refractivity contribution in [3.05, 3.63) is 64.2 Å². The first kappa shape index (κ1) is 30.1. The summed E-state index contributed by atoms with van der Waals surface area (Å²) in [4.78, 5) is 8.54. The number of rotatable bonds is 12. The van der Waals surface area contributed by atoms with E-state index in [-0.39, 0.29) is 23.5 Å². The maximum Gasteiger partial charge on any atom is 0.145 e. The van der Waals surface area contributed by atoms with E-state index < -0.39 is 6.10 Å². The van der Waals surface area contributed by atoms with E-state index in [1.54, 1.807) is 24.7 Å². The van der Waals surface area contributed by atoms with Gasteiger partial charge in [-0.3, -0.25) is 9.97 Å². The van der Waals surface area contributed by atoms with E-state index in [1.807, 2.05) is 18.2 Å². The van der Waals surface area contributed by atoms with Gasteiger partial charge in [0.05, 0.1) is 46.9 Å². The summed E-state index contributed by atoms with van der Waals surface area (Å²) in [6, 6.07) is 7.64. The molecule has 232 valence electrons. The summed E-state index contributed by atoms with van der Waals surface area (Å²) in [5.41, 5.74) is 3.00. The highest BCUT2D eigenvalue weighted by Crippen LogP contribution is 2.55. The molecule has 4 aliphatic carbocycles. The molecule has 3 heterocycles. The average Bonchev–Trinajstić information content (AvgIpc) is 3.82. The Bertz CT molecular complexity index is 1610. The molecule has 1 unspecified atom stereocenters. The van der Waals surface area contributed by atoms with Crippen LogP contribution in [0.2, 0.25) is 10.0 Å². The van der Waals surface area contributed by atoms with Gasteiger partial charge in [-0.05, 0) is 75.6 Å². The van der Waals surface area contributed by atoms with Crippen molar-refractivity contribution in [2.75, 3.05) is 19.1 Å². The van der Waals surface area contributed by atoms with E-state index in [0.29, 0.717) is 46.2 Å². The SMILES string of the molecule is OCC(CCl)Oc1ccnc2ccc(OCC34CCC(OCc5c(-c6c(Cl)cncc6Cl)noc5C5CC5)(CC3)CC4)cc12. The van der Waals surface area contributed by atoms with E-state index in [2.05, 4.69) is 15.1 Å². The topological polar surface area (TPSA) is 99.7 Å². The maximum absolute atomic E-state index is 9.54. The Morgan fingerprint density at radius 2 is 1.77 bits per heavy atom. The van der Waals surface area contributed by atoms with Gasteiger partial charge in [-0.2, -0.15) is 0 Å². The molecule has 0 spiro atoms. The molecule has 2 bridgehead atoms. The highest BCUT2D eigenvalue weighted by Gasteiger charge is 2.50. The van der Waals surface area contributed by atoms with Crippen LogP contribution in [-0.4, -0.2) is 51.0 Å². The Hall–Kier alpha value is -2.62. The Labute approximate surface area is 270 Å². The summed E-state index contributed by atoms with van der Waals surface area (Å²) in [6.07, 6.45) is 12.6. The van der Waals surface area contributed by atoms with Crippen molar-refractivity contribution in [3.8, 4) is 22.8 Å². The fraction of sp³-hybridized carbons (Fsp3) is 0.485. The lowest BCUT2D eigenvalue weighted by Gasteiger charge is -2.52. The number of halogens is 3. The molecule has 11 heteroatoms. The zero-order valence-electron chi connectivity index (χ0n) is 24.2. The minimum absolute atomic E-state index is 0.120. The standard InChI is InChI=1S/C33H34Cl3N3O5/c34-14-22(17-40)43-28-5-12-38-27-4-3-21(13-23(27)28)41-19-32-6-9-33(10-7-32,11-8-32)42-18-24-30(39-44-31(24)20-1-2-20)29-25(35)15-37-16-26(29)36/h3-5,12-13,15-16,20,22,40H,1-2,6-11,14,17-19H2. The second-order valence-corrected chi connectivity index (χ2v) is 13.6. The molecule has 44 heavy (non-hydrogen) atoms. The van der Waals surface area contributed by atoms with Crippen LogP contribution in [0.1, 0.15) is 68.6 Å². The van der Waals surface area contributed by atoms with E-state index in [0.717, 1.165) is 79.3 Å². The zero-order chi connectivity index (χ0) is 30.3. The van der Waals surface area contributed by atoms with Gasteiger partial charge in [0.25, 0.3) is 0 Å². The number of aliphatic hydroxyl groups excluding tert-OH is 1. The monoisotopic (exact) mass is 657 g/mol. The lowest BCUT2D eigenvalue weighted by Crippen LogP contribution is -2.49. The number of aliphatic hydroxyl groups is 1. The lowest BCUT2D eigenvalue weighted by molar-refractivity contribution is -0.150. The van der Waals surface area contributed by atoms with Gasteiger partial charge in [-0.1, -0.05) is 28.4 Å². The Morgan fingerprint density at radius 1 is 1.02 bits per heavy atom. The number of hydrogen-bond donors (Lipinski definition) is 1. The summed E-state index contributed by atoms with van der Waals surface area (Å²) < 4.78 is 25.0. The predicted octanol–water partition coefficient (Wildman–Crippen LogP) is 8.14. The van der Waals surface area contributed by atoms with Crippen LogP contribution in [0.15, 0.2) is 47.4 Å². The highest BCUT2D eigenvalue weighted by atomic mass is 35.5. The maximum atomic E-state index is 9.54. The number of hydrogen-bond acceptors (Lipinski definition) is 8. The summed E-state index contributed by atoms with van der Waals surface area (Å²) in [7, 11) is 0. The van der Waals surface area contributed by atoms with E-state index in [9.17, 15) is 5.11 Å². The van der Waals surface area contributed by atoms with Crippen molar-refractivity contribution in [3.63, 3.8) is 0 Å². The lowest BCUT2D eigenvalue weighted by atomic mass is 9.59. The van der Waals surface area contributed by atoms with E-state index >= 15 is 0 Å². The van der Waals surface area contributed by atoms with Crippen LogP contribution in [0.4, 0.5) is 0 Å². The molecule has 0 saturated heterocycles. The van der Waals surface area contributed by atoms with Gasteiger partial charge in [-0.25, -0.2) is 0 Å². The molecule has 1 N–H and O–H groups in total. The third-order valence-corrected chi connectivity index (χ3v) is 10.5. The van der Waals surface area contributed by atoms with Gasteiger partial charge in [0, 0.05) is 46.4 Å². The molecule has 4 fully saturated rings. The van der Waals surface area contributed by atoms with Gasteiger partial charge in [0.1, 0.15) is 29.1 Å². The van der Waals surface area contributed by atoms with E-state index in [1.165, 1.54) is 0 Å². The molecule has 8 rings (SSSR count). The smallest absolute Gasteiger partial charge is 0.145 e. The van der Waals surface area contributed by atoms with Crippen LogP contribution < -0.4 is 9.47 Å². The largest absolute Gasteiger partial charge is 0.493 e. The molecule has 1 atom stereocenters. The summed E-state index contributed by atoms with van der Waals surface area (Å²) in [6.45, 7) is 0.901. The number of fused-ring (bicyclic) bond motifs is 4. The third kappa shape index (κ3) is 5.87. The number of aromatic nitrogens is 3. The Morgan fingerprint density at radius 3 is 2.45 bits per heavy atom. The van der Waals surface area contributed by atoms with Crippen molar-refractivity contribution < 1.29 is 23.8 Å². The minimum atomic E-state index is -0.486. The Balaban J connectivity index is 1.02. The fourth-order valence-corrected chi connectivity index (χ4v) is 7.38. The van der Waals surface area contributed by atoms with Crippen LogP contribution in [0.25, 0.3) is 22.2 Å². The van der Waals surface area contributed by atoms with Gasteiger partial charge in [0.2, 0.25) is 0 Å². The molecule has 8 nitrogen and oxygen atoms in total. The number of alkyl halides is 1. The second kappa shape index (κ2) is 12.3.